The number of ether oxygens (including phenoxy) is 1. The van der Waals surface area contributed by atoms with Crippen LogP contribution < -0.4 is 0 Å². The van der Waals surface area contributed by atoms with E-state index in [0.717, 1.165) is 58.0 Å². The van der Waals surface area contributed by atoms with Gasteiger partial charge in [-0.05, 0) is 45.2 Å². The van der Waals surface area contributed by atoms with Crippen LogP contribution in [-0.2, 0) is 4.74 Å². The summed E-state index contributed by atoms with van der Waals surface area (Å²) in [5, 5.41) is 9.04. The monoisotopic (exact) mass is 238 g/mol. The highest BCUT2D eigenvalue weighted by Crippen LogP contribution is 2.29. The summed E-state index contributed by atoms with van der Waals surface area (Å²) in [5.41, 5.74) is -0.0883. The maximum absolute atomic E-state index is 9.04. The maximum Gasteiger partial charge on any atom is 0.0687 e. The molecule has 17 heavy (non-hydrogen) atoms. The topological polar surface area (TPSA) is 36.3 Å². The highest BCUT2D eigenvalue weighted by molar-refractivity contribution is 4.98. The average molecular weight is 238 g/mol. The summed E-state index contributed by atoms with van der Waals surface area (Å²) in [6.07, 6.45) is 3.14. The first-order valence-electron chi connectivity index (χ1n) is 6.77. The largest absolute Gasteiger partial charge is 0.380 e. The normalized spacial score (nSPS) is 20.4. The summed E-state index contributed by atoms with van der Waals surface area (Å²) >= 11 is 0. The Morgan fingerprint density at radius 1 is 1.29 bits per heavy atom. The molecule has 1 heterocycles. The Kier molecular flexibility index (Phi) is 5.94. The van der Waals surface area contributed by atoms with E-state index in [0.29, 0.717) is 0 Å². The Bertz CT molecular complexity index is 249. The van der Waals surface area contributed by atoms with Gasteiger partial charge in [0.15, 0.2) is 0 Å². The molecule has 3 nitrogen and oxygen atoms in total. The molecule has 1 saturated heterocycles. The van der Waals surface area contributed by atoms with E-state index in [4.69, 9.17) is 10.00 Å². The molecule has 1 aliphatic heterocycles. The fourth-order valence-corrected chi connectivity index (χ4v) is 2.00. The zero-order valence-corrected chi connectivity index (χ0v) is 11.5. The lowest BCUT2D eigenvalue weighted by atomic mass is 9.82. The molecule has 0 atom stereocenters. The van der Waals surface area contributed by atoms with Gasteiger partial charge in [-0.1, -0.05) is 13.8 Å². The van der Waals surface area contributed by atoms with Gasteiger partial charge in [0, 0.05) is 13.2 Å². The average Bonchev–Trinajstić information content (AvgIpc) is 2.31. The fraction of sp³-hybridized carbons (Fsp3) is 0.929. The molecule has 0 radical (unpaired) electrons. The smallest absolute Gasteiger partial charge is 0.0687 e. The molecule has 0 aromatic heterocycles. The Labute approximate surface area is 106 Å². The van der Waals surface area contributed by atoms with Crippen molar-refractivity contribution >= 4 is 0 Å². The van der Waals surface area contributed by atoms with Gasteiger partial charge in [-0.3, -0.25) is 0 Å². The van der Waals surface area contributed by atoms with Crippen LogP contribution in [0.3, 0.4) is 0 Å². The van der Waals surface area contributed by atoms with Crippen LogP contribution in [0.25, 0.3) is 0 Å². The molecular formula is C14H26N2O. The fourth-order valence-electron chi connectivity index (χ4n) is 2.00. The lowest BCUT2D eigenvalue weighted by Gasteiger charge is -2.34. The van der Waals surface area contributed by atoms with Crippen molar-refractivity contribution in [2.75, 3.05) is 32.8 Å². The second-order valence-electron chi connectivity index (χ2n) is 5.81. The quantitative estimate of drug-likeness (QED) is 0.667. The molecule has 0 spiro atoms. The van der Waals surface area contributed by atoms with Crippen molar-refractivity contribution in [3.8, 4) is 6.07 Å². The van der Waals surface area contributed by atoms with E-state index < -0.39 is 0 Å². The van der Waals surface area contributed by atoms with Crippen molar-refractivity contribution in [1.29, 1.82) is 5.26 Å². The Morgan fingerprint density at radius 3 is 2.47 bits per heavy atom. The molecule has 0 aliphatic carbocycles. The van der Waals surface area contributed by atoms with Gasteiger partial charge in [0.05, 0.1) is 18.1 Å². The third-order valence-corrected chi connectivity index (χ3v) is 3.62. The highest BCUT2D eigenvalue weighted by Gasteiger charge is 2.29. The lowest BCUT2D eigenvalue weighted by Crippen LogP contribution is -2.39. The number of piperidine rings is 1. The van der Waals surface area contributed by atoms with Gasteiger partial charge in [-0.2, -0.15) is 5.26 Å². The second-order valence-corrected chi connectivity index (χ2v) is 5.81. The minimum Gasteiger partial charge on any atom is -0.380 e. The van der Waals surface area contributed by atoms with Crippen molar-refractivity contribution in [2.45, 2.75) is 40.0 Å². The van der Waals surface area contributed by atoms with Gasteiger partial charge in [-0.25, -0.2) is 0 Å². The molecule has 0 N–H and O–H groups in total. The summed E-state index contributed by atoms with van der Waals surface area (Å²) in [6.45, 7) is 11.3. The van der Waals surface area contributed by atoms with Crippen LogP contribution in [0.4, 0.5) is 0 Å². The first kappa shape index (κ1) is 14.5. The SMILES string of the molecule is CC(C)CCOCCN1CCC(C)(C#N)CC1. The number of likely N-dealkylation sites (tertiary alicyclic amines) is 1. The van der Waals surface area contributed by atoms with Crippen LogP contribution >= 0.6 is 0 Å². The number of nitriles is 1. The molecule has 1 fully saturated rings. The minimum atomic E-state index is -0.0883. The number of nitrogens with zero attached hydrogens (tertiary/aromatic N) is 2. The van der Waals surface area contributed by atoms with Crippen LogP contribution in [-0.4, -0.2) is 37.7 Å². The molecule has 0 saturated carbocycles. The van der Waals surface area contributed by atoms with E-state index in [2.05, 4.69) is 31.7 Å². The second kappa shape index (κ2) is 6.98. The van der Waals surface area contributed by atoms with E-state index in [1.54, 1.807) is 0 Å². The molecule has 0 bridgehead atoms. The molecule has 0 amide bonds. The van der Waals surface area contributed by atoms with Crippen molar-refractivity contribution in [3.63, 3.8) is 0 Å². The molecule has 0 unspecified atom stereocenters. The van der Waals surface area contributed by atoms with Gasteiger partial charge in [0.2, 0.25) is 0 Å². The van der Waals surface area contributed by atoms with Gasteiger partial charge in [0.25, 0.3) is 0 Å². The predicted molar refractivity (Wildman–Crippen MR) is 69.7 cm³/mol. The molecule has 3 heteroatoms. The van der Waals surface area contributed by atoms with Crippen LogP contribution in [0, 0.1) is 22.7 Å². The summed E-state index contributed by atoms with van der Waals surface area (Å²) < 4.78 is 5.62. The van der Waals surface area contributed by atoms with Gasteiger partial charge >= 0.3 is 0 Å². The number of hydrogen-bond donors (Lipinski definition) is 0. The third kappa shape index (κ3) is 5.52. The summed E-state index contributed by atoms with van der Waals surface area (Å²) in [7, 11) is 0. The molecule has 0 aromatic rings. The van der Waals surface area contributed by atoms with Crippen molar-refractivity contribution < 1.29 is 4.74 Å². The van der Waals surface area contributed by atoms with Crippen LogP contribution in [0.2, 0.25) is 0 Å². The van der Waals surface area contributed by atoms with E-state index in [-0.39, 0.29) is 5.41 Å². The summed E-state index contributed by atoms with van der Waals surface area (Å²) in [5.74, 6) is 0.723. The van der Waals surface area contributed by atoms with Gasteiger partial charge < -0.3 is 9.64 Å². The van der Waals surface area contributed by atoms with Gasteiger partial charge in [-0.15, -0.1) is 0 Å². The van der Waals surface area contributed by atoms with Gasteiger partial charge in [0.1, 0.15) is 0 Å². The van der Waals surface area contributed by atoms with Crippen LogP contribution in [0.5, 0.6) is 0 Å². The molecule has 1 rings (SSSR count). The molecular weight excluding hydrogens is 212 g/mol. The molecule has 0 aromatic carbocycles. The first-order valence-corrected chi connectivity index (χ1v) is 6.77. The van der Waals surface area contributed by atoms with Crippen molar-refractivity contribution in [3.05, 3.63) is 0 Å². The van der Waals surface area contributed by atoms with Crippen molar-refractivity contribution in [2.24, 2.45) is 11.3 Å². The van der Waals surface area contributed by atoms with Crippen LogP contribution in [0.1, 0.15) is 40.0 Å². The third-order valence-electron chi connectivity index (χ3n) is 3.62. The van der Waals surface area contributed by atoms with E-state index in [9.17, 15) is 0 Å². The summed E-state index contributed by atoms with van der Waals surface area (Å²) in [6, 6.07) is 2.43. The van der Waals surface area contributed by atoms with Crippen molar-refractivity contribution in [1.82, 2.24) is 4.90 Å². The first-order chi connectivity index (χ1) is 8.06. The summed E-state index contributed by atoms with van der Waals surface area (Å²) in [4.78, 5) is 2.41. The molecule has 98 valence electrons. The zero-order valence-electron chi connectivity index (χ0n) is 11.5. The minimum absolute atomic E-state index is 0.0883. The number of hydrogen-bond acceptors (Lipinski definition) is 3. The van der Waals surface area contributed by atoms with E-state index in [1.165, 1.54) is 0 Å². The highest BCUT2D eigenvalue weighted by atomic mass is 16.5. The Morgan fingerprint density at radius 2 is 1.94 bits per heavy atom. The van der Waals surface area contributed by atoms with E-state index in [1.807, 2.05) is 0 Å². The van der Waals surface area contributed by atoms with E-state index >= 15 is 0 Å². The zero-order chi connectivity index (χ0) is 12.7. The number of rotatable bonds is 6. The standard InChI is InChI=1S/C14H26N2O/c1-13(2)4-10-17-11-9-16-7-5-14(3,12-15)6-8-16/h13H,4-11H2,1-3H3. The Balaban J connectivity index is 2.05. The maximum atomic E-state index is 9.04. The molecule has 1 aliphatic rings. The van der Waals surface area contributed by atoms with Crippen LogP contribution in [0.15, 0.2) is 0 Å². The lowest BCUT2D eigenvalue weighted by molar-refractivity contribution is 0.0764. The Hall–Kier alpha value is -0.590. The predicted octanol–water partition coefficient (Wildman–Crippen LogP) is 2.67.